The van der Waals surface area contributed by atoms with Crippen LogP contribution in [0.2, 0.25) is 0 Å². The molecule has 2 rings (SSSR count). The van der Waals surface area contributed by atoms with Crippen molar-refractivity contribution in [2.75, 3.05) is 26.7 Å². The first-order valence-electron chi connectivity index (χ1n) is 6.87. The molecule has 0 spiro atoms. The van der Waals surface area contributed by atoms with Crippen LogP contribution in [-0.2, 0) is 0 Å². The predicted octanol–water partition coefficient (Wildman–Crippen LogP) is 1.24. The standard InChI is InChI=1S/C13H17F3N4O2/c1-20-6-2-3-9(20)7-17-12(21)10-4-5-11(19-18-10)22-8-13(14,15)16/h4-5,9H,2-3,6-8H2,1H3,(H,17,21). The van der Waals surface area contributed by atoms with E-state index in [1.54, 1.807) is 0 Å². The molecule has 0 bridgehead atoms. The van der Waals surface area contributed by atoms with E-state index in [2.05, 4.69) is 25.2 Å². The minimum atomic E-state index is -4.44. The molecule has 1 atom stereocenters. The van der Waals surface area contributed by atoms with Crippen molar-refractivity contribution in [3.63, 3.8) is 0 Å². The number of amides is 1. The Labute approximate surface area is 125 Å². The molecule has 0 saturated carbocycles. The molecule has 1 fully saturated rings. The molecule has 1 aliphatic heterocycles. The average Bonchev–Trinajstić information content (AvgIpc) is 2.88. The number of rotatable bonds is 5. The molecule has 1 aromatic rings. The van der Waals surface area contributed by atoms with Crippen LogP contribution in [0.1, 0.15) is 23.3 Å². The normalized spacial score (nSPS) is 19.2. The largest absolute Gasteiger partial charge is 0.467 e. The van der Waals surface area contributed by atoms with Gasteiger partial charge in [-0.25, -0.2) is 0 Å². The smallest absolute Gasteiger partial charge is 0.422 e. The highest BCUT2D eigenvalue weighted by molar-refractivity contribution is 5.92. The van der Waals surface area contributed by atoms with Gasteiger partial charge >= 0.3 is 6.18 Å². The number of likely N-dealkylation sites (tertiary alicyclic amines) is 1. The molecule has 0 radical (unpaired) electrons. The second-order valence-electron chi connectivity index (χ2n) is 5.15. The molecule has 122 valence electrons. The molecule has 1 saturated heterocycles. The van der Waals surface area contributed by atoms with E-state index in [0.29, 0.717) is 12.6 Å². The molecule has 0 aliphatic carbocycles. The fourth-order valence-electron chi connectivity index (χ4n) is 2.21. The Bertz CT molecular complexity index is 507. The van der Waals surface area contributed by atoms with Crippen molar-refractivity contribution in [3.05, 3.63) is 17.8 Å². The summed E-state index contributed by atoms with van der Waals surface area (Å²) in [6.45, 7) is 0.0656. The number of nitrogens with zero attached hydrogens (tertiary/aromatic N) is 3. The first-order valence-corrected chi connectivity index (χ1v) is 6.87. The Balaban J connectivity index is 1.83. The van der Waals surface area contributed by atoms with Gasteiger partial charge in [-0.1, -0.05) is 0 Å². The zero-order chi connectivity index (χ0) is 16.2. The van der Waals surface area contributed by atoms with Crippen LogP contribution in [-0.4, -0.2) is 60.0 Å². The maximum Gasteiger partial charge on any atom is 0.422 e. The lowest BCUT2D eigenvalue weighted by molar-refractivity contribution is -0.154. The maximum atomic E-state index is 12.0. The van der Waals surface area contributed by atoms with Gasteiger partial charge < -0.3 is 15.0 Å². The summed E-state index contributed by atoms with van der Waals surface area (Å²) in [5.74, 6) is -0.681. The summed E-state index contributed by atoms with van der Waals surface area (Å²) >= 11 is 0. The summed E-state index contributed by atoms with van der Waals surface area (Å²) in [6.07, 6.45) is -2.32. The van der Waals surface area contributed by atoms with Crippen molar-refractivity contribution in [3.8, 4) is 5.88 Å². The molecular formula is C13H17F3N4O2. The van der Waals surface area contributed by atoms with Gasteiger partial charge in [0.15, 0.2) is 12.3 Å². The van der Waals surface area contributed by atoms with Crippen LogP contribution in [0.15, 0.2) is 12.1 Å². The van der Waals surface area contributed by atoms with E-state index in [4.69, 9.17) is 0 Å². The van der Waals surface area contributed by atoms with Gasteiger partial charge in [-0.05, 0) is 32.5 Å². The Morgan fingerprint density at radius 2 is 2.23 bits per heavy atom. The molecule has 1 aromatic heterocycles. The molecule has 1 aliphatic rings. The van der Waals surface area contributed by atoms with E-state index >= 15 is 0 Å². The number of nitrogens with one attached hydrogen (secondary N) is 1. The van der Waals surface area contributed by atoms with Gasteiger partial charge in [-0.15, -0.1) is 10.2 Å². The Hall–Kier alpha value is -1.90. The van der Waals surface area contributed by atoms with E-state index in [9.17, 15) is 18.0 Å². The van der Waals surface area contributed by atoms with Gasteiger partial charge in [0.05, 0.1) is 0 Å². The molecule has 6 nitrogen and oxygen atoms in total. The number of carbonyl (C=O) groups excluding carboxylic acids is 1. The highest BCUT2D eigenvalue weighted by Gasteiger charge is 2.28. The summed E-state index contributed by atoms with van der Waals surface area (Å²) in [4.78, 5) is 14.1. The van der Waals surface area contributed by atoms with Crippen molar-refractivity contribution in [2.45, 2.75) is 25.1 Å². The van der Waals surface area contributed by atoms with Gasteiger partial charge in [0, 0.05) is 18.7 Å². The lowest BCUT2D eigenvalue weighted by Crippen LogP contribution is -2.38. The third-order valence-corrected chi connectivity index (χ3v) is 3.43. The van der Waals surface area contributed by atoms with Crippen LogP contribution in [0.25, 0.3) is 0 Å². The van der Waals surface area contributed by atoms with Crippen LogP contribution in [0.3, 0.4) is 0 Å². The SMILES string of the molecule is CN1CCCC1CNC(=O)c1ccc(OCC(F)(F)F)nn1. The Kier molecular flexibility index (Phi) is 5.17. The van der Waals surface area contributed by atoms with Gasteiger partial charge in [0.2, 0.25) is 5.88 Å². The van der Waals surface area contributed by atoms with E-state index in [0.717, 1.165) is 19.4 Å². The zero-order valence-electron chi connectivity index (χ0n) is 12.1. The minimum absolute atomic E-state index is 0.0417. The van der Waals surface area contributed by atoms with E-state index in [1.165, 1.54) is 12.1 Å². The van der Waals surface area contributed by atoms with Crippen molar-refractivity contribution in [2.24, 2.45) is 0 Å². The first kappa shape index (κ1) is 16.5. The molecule has 22 heavy (non-hydrogen) atoms. The molecule has 0 aromatic carbocycles. The summed E-state index contributed by atoms with van der Waals surface area (Å²) in [7, 11) is 2.00. The van der Waals surface area contributed by atoms with Crippen LogP contribution >= 0.6 is 0 Å². The highest BCUT2D eigenvalue weighted by atomic mass is 19.4. The second-order valence-corrected chi connectivity index (χ2v) is 5.15. The maximum absolute atomic E-state index is 12.0. The summed E-state index contributed by atoms with van der Waals surface area (Å²) in [5, 5.41) is 9.77. The van der Waals surface area contributed by atoms with Crippen LogP contribution in [0.5, 0.6) is 5.88 Å². The monoisotopic (exact) mass is 318 g/mol. The molecule has 2 heterocycles. The number of alkyl halides is 3. The molecule has 1 amide bonds. The van der Waals surface area contributed by atoms with Gasteiger partial charge in [-0.2, -0.15) is 13.2 Å². The van der Waals surface area contributed by atoms with E-state index < -0.39 is 18.7 Å². The van der Waals surface area contributed by atoms with Crippen molar-refractivity contribution in [1.82, 2.24) is 20.4 Å². The number of aromatic nitrogens is 2. The second kappa shape index (κ2) is 6.91. The fraction of sp³-hybridized carbons (Fsp3) is 0.615. The minimum Gasteiger partial charge on any atom is -0.467 e. The van der Waals surface area contributed by atoms with Crippen molar-refractivity contribution in [1.29, 1.82) is 0 Å². The van der Waals surface area contributed by atoms with Crippen LogP contribution < -0.4 is 10.1 Å². The quantitative estimate of drug-likeness (QED) is 0.885. The third kappa shape index (κ3) is 4.83. The van der Waals surface area contributed by atoms with E-state index in [1.807, 2.05) is 7.05 Å². The topological polar surface area (TPSA) is 67.4 Å². The van der Waals surface area contributed by atoms with E-state index in [-0.39, 0.29) is 11.6 Å². The number of halogens is 3. The van der Waals surface area contributed by atoms with Gasteiger partial charge in [-0.3, -0.25) is 4.79 Å². The van der Waals surface area contributed by atoms with Crippen LogP contribution in [0.4, 0.5) is 13.2 Å². The average molecular weight is 318 g/mol. The third-order valence-electron chi connectivity index (χ3n) is 3.43. The summed E-state index contributed by atoms with van der Waals surface area (Å²) in [6, 6.07) is 2.77. The molecular weight excluding hydrogens is 301 g/mol. The number of likely N-dealkylation sites (N-methyl/N-ethyl adjacent to an activating group) is 1. The lowest BCUT2D eigenvalue weighted by atomic mass is 10.2. The first-order chi connectivity index (χ1) is 10.3. The summed E-state index contributed by atoms with van der Waals surface area (Å²) in [5.41, 5.74) is 0.0417. The number of hydrogen-bond acceptors (Lipinski definition) is 5. The van der Waals surface area contributed by atoms with Crippen molar-refractivity contribution < 1.29 is 22.7 Å². The highest BCUT2D eigenvalue weighted by Crippen LogP contribution is 2.16. The molecule has 1 unspecified atom stereocenters. The number of hydrogen-bond donors (Lipinski definition) is 1. The predicted molar refractivity (Wildman–Crippen MR) is 71.6 cm³/mol. The zero-order valence-corrected chi connectivity index (χ0v) is 12.1. The van der Waals surface area contributed by atoms with Gasteiger partial charge in [0.1, 0.15) is 0 Å². The lowest BCUT2D eigenvalue weighted by Gasteiger charge is -2.19. The number of ether oxygens (including phenoxy) is 1. The van der Waals surface area contributed by atoms with Gasteiger partial charge in [0.25, 0.3) is 5.91 Å². The van der Waals surface area contributed by atoms with Crippen LogP contribution in [0, 0.1) is 0 Å². The fourth-order valence-corrected chi connectivity index (χ4v) is 2.21. The Morgan fingerprint density at radius 3 is 2.77 bits per heavy atom. The summed E-state index contributed by atoms with van der Waals surface area (Å²) < 4.78 is 40.4. The molecule has 9 heteroatoms. The molecule has 1 N–H and O–H groups in total. The Morgan fingerprint density at radius 1 is 1.45 bits per heavy atom. The number of carbonyl (C=O) groups is 1. The van der Waals surface area contributed by atoms with Crippen molar-refractivity contribution >= 4 is 5.91 Å².